The minimum atomic E-state index is -3.24. The summed E-state index contributed by atoms with van der Waals surface area (Å²) < 4.78 is 106. The van der Waals surface area contributed by atoms with Crippen LogP contribution in [0.5, 0.6) is 0 Å². The highest BCUT2D eigenvalue weighted by Crippen LogP contribution is 2.66. The largest absolute Gasteiger partial charge is 0.303 e. The van der Waals surface area contributed by atoms with Crippen molar-refractivity contribution in [3.05, 3.63) is 144 Å². The first-order valence-corrected chi connectivity index (χ1v) is 69.1. The maximum Gasteiger partial charge on any atom is 0.237 e. The maximum atomic E-state index is 13.9. The Kier molecular flexibility index (Phi) is 34.5. The van der Waals surface area contributed by atoms with Gasteiger partial charge >= 0.3 is 0 Å². The van der Waals surface area contributed by atoms with Crippen LogP contribution < -0.4 is 21.3 Å². The van der Waals surface area contributed by atoms with E-state index in [2.05, 4.69) is 60.8 Å². The molecule has 16 aliphatic rings. The highest BCUT2D eigenvalue weighted by Gasteiger charge is 2.67. The lowest BCUT2D eigenvalue weighted by molar-refractivity contribution is -0.119. The zero-order valence-corrected chi connectivity index (χ0v) is 95.2. The van der Waals surface area contributed by atoms with Crippen molar-refractivity contribution >= 4 is 176 Å². The Bertz CT molecular complexity index is 5620. The lowest BCUT2D eigenvalue weighted by Crippen LogP contribution is -2.32. The predicted molar refractivity (Wildman–Crippen MR) is 601 cm³/mol. The van der Waals surface area contributed by atoms with Crippen molar-refractivity contribution < 1.29 is 52.8 Å². The van der Waals surface area contributed by atoms with Gasteiger partial charge in [0.1, 0.15) is 0 Å². The van der Waals surface area contributed by atoms with Crippen LogP contribution in [0.25, 0.3) is 0 Å². The SMILES string of the molecule is O=C(Nc1ncc(SCCN2CCCC2)s1)[C@]1(c2ccc(S(=O)(=O)C3CC3)cc2)C[C@H]1C1CCCCC1.O=C(Nc1ncc(SCCN2CCCC2)s1)[C@]1(c2ccc(S(=O)(=O)C3CC3)cc2)C[C@H]1C1CCCCC1.O=C(Nc1ncc(SCCN2CCCC2)s1)[C@]1(c2ccc(S(=O)(=O)C3CC3)cc2)C[C@H]1C1CCCCC1.O=C(Nc1ncc(SCCN2CCCC2)s1)[C@]1(c2ccc(S(=O)(=O)C3CC3)cc2)C[C@H]1C1CCCCC1. The molecule has 8 aromatic rings. The zero-order valence-electron chi connectivity index (χ0n) is 85.4. The zero-order chi connectivity index (χ0) is 102. The molecule has 0 bridgehead atoms. The van der Waals surface area contributed by atoms with Crippen LogP contribution in [0.1, 0.15) is 279 Å². The first-order valence-electron chi connectivity index (χ1n) is 55.7. The van der Waals surface area contributed by atoms with E-state index in [1.807, 2.05) is 120 Å². The summed E-state index contributed by atoms with van der Waals surface area (Å²) in [6.45, 7) is 14.1. The Morgan fingerprint density at radius 1 is 0.264 bits per heavy atom. The van der Waals surface area contributed by atoms with Gasteiger partial charge in [-0.25, -0.2) is 53.6 Å². The Morgan fingerprint density at radius 2 is 0.446 bits per heavy atom. The topological polar surface area (TPSA) is 317 Å². The molecule has 4 aliphatic heterocycles. The summed E-state index contributed by atoms with van der Waals surface area (Å²) in [7, 11) is -12.9. The summed E-state index contributed by atoms with van der Waals surface area (Å²) >= 11 is 13.5. The molecular formula is C112H148N12O12S12. The molecule has 800 valence electrons. The molecule has 4 saturated heterocycles. The van der Waals surface area contributed by atoms with Crippen LogP contribution in [0.15, 0.2) is 158 Å². The van der Waals surface area contributed by atoms with Gasteiger partial charge in [0.15, 0.2) is 59.9 Å². The number of benzene rings is 4. The molecular weight excluding hydrogens is 2090 g/mol. The van der Waals surface area contributed by atoms with E-state index in [-0.39, 0.29) is 44.6 Å². The quantitative estimate of drug-likeness (QED) is 0.0259. The average Bonchev–Trinajstić information content (AvgIpc) is 1.56. The fraction of sp³-hybridized carbons (Fsp3) is 0.643. The molecule has 8 heterocycles. The van der Waals surface area contributed by atoms with Gasteiger partial charge in [0.25, 0.3) is 0 Å². The van der Waals surface area contributed by atoms with Crippen LogP contribution in [0, 0.1) is 47.3 Å². The third kappa shape index (κ3) is 25.0. The van der Waals surface area contributed by atoms with Crippen LogP contribution in [0.4, 0.5) is 20.5 Å². The number of carbonyl (C=O) groups excluding carboxylic acids is 4. The normalized spacial score (nSPS) is 26.9. The van der Waals surface area contributed by atoms with Crippen molar-refractivity contribution in [3.8, 4) is 0 Å². The molecule has 4 aromatic carbocycles. The smallest absolute Gasteiger partial charge is 0.237 e. The maximum absolute atomic E-state index is 13.9. The summed E-state index contributed by atoms with van der Waals surface area (Å²) in [5.41, 5.74) is 1.47. The van der Waals surface area contributed by atoms with Gasteiger partial charge in [-0.05, 0) is 299 Å². The molecule has 4 aromatic heterocycles. The third-order valence-corrected chi connectivity index (χ3v) is 52.9. The molecule has 36 heteroatoms. The second kappa shape index (κ2) is 47.4. The van der Waals surface area contributed by atoms with Gasteiger partial charge in [-0.3, -0.25) is 19.2 Å². The lowest BCUT2D eigenvalue weighted by Gasteiger charge is -2.25. The summed E-state index contributed by atoms with van der Waals surface area (Å²) in [6.07, 6.45) is 51.9. The molecule has 24 rings (SSSR count). The second-order valence-electron chi connectivity index (χ2n) is 45.1. The fourth-order valence-corrected chi connectivity index (χ4v) is 40.4. The summed E-state index contributed by atoms with van der Waals surface area (Å²) in [5, 5.41) is 14.4. The van der Waals surface area contributed by atoms with Gasteiger partial charge in [-0.1, -0.05) is 222 Å². The highest BCUT2D eigenvalue weighted by atomic mass is 32.2. The number of amides is 4. The number of thioether (sulfide) groups is 4. The third-order valence-electron chi connectivity index (χ3n) is 35.4. The molecule has 8 atom stereocenters. The van der Waals surface area contributed by atoms with E-state index in [0.717, 1.165) is 165 Å². The van der Waals surface area contributed by atoms with Crippen molar-refractivity contribution in [1.82, 2.24) is 39.5 Å². The average molecular weight is 2240 g/mol. The molecule has 148 heavy (non-hydrogen) atoms. The second-order valence-corrected chi connectivity index (χ2v) is 63.8. The van der Waals surface area contributed by atoms with Gasteiger partial charge in [-0.2, -0.15) is 0 Å². The number of hydrogen-bond donors (Lipinski definition) is 4. The summed E-state index contributed by atoms with van der Waals surface area (Å²) in [5.74, 6) is 7.72. The van der Waals surface area contributed by atoms with Crippen LogP contribution in [-0.2, 0) is 80.2 Å². The van der Waals surface area contributed by atoms with E-state index in [1.165, 1.54) is 232 Å². The van der Waals surface area contributed by atoms with Gasteiger partial charge in [0.05, 0.1) is 104 Å². The first kappa shape index (κ1) is 108. The molecule has 12 aliphatic carbocycles. The number of aromatic nitrogens is 4. The van der Waals surface area contributed by atoms with E-state index in [9.17, 15) is 52.8 Å². The van der Waals surface area contributed by atoms with E-state index in [1.54, 1.807) is 93.9 Å². The molecule has 4 amide bonds. The van der Waals surface area contributed by atoms with Crippen LogP contribution >= 0.6 is 92.4 Å². The van der Waals surface area contributed by atoms with E-state index in [0.29, 0.717) is 87.5 Å². The number of likely N-dealkylation sites (tertiary alicyclic amines) is 4. The van der Waals surface area contributed by atoms with E-state index < -0.39 is 61.0 Å². The van der Waals surface area contributed by atoms with E-state index >= 15 is 0 Å². The molecule has 0 spiro atoms. The van der Waals surface area contributed by atoms with Gasteiger partial charge in [0, 0.05) is 49.2 Å². The van der Waals surface area contributed by atoms with E-state index in [4.69, 9.17) is 0 Å². The predicted octanol–water partition coefficient (Wildman–Crippen LogP) is 23.0. The van der Waals surface area contributed by atoms with Crippen molar-refractivity contribution in [2.24, 2.45) is 47.3 Å². The monoisotopic (exact) mass is 2240 g/mol. The number of thiazole rings is 4. The van der Waals surface area contributed by atoms with Crippen LogP contribution in [-0.4, -0.2) is 219 Å². The standard InChI is InChI=1S/4C28H37N3O3S3/c4*32-26(30-27-29-19-25(36-27)35-17-16-31-14-4-5-15-31)28(18-24(28)20-6-2-1-3-7-20)21-8-10-22(11-9-21)37(33,34)23-12-13-23/h4*8-11,19-20,23-24H,1-7,12-18H2,(H,29,30,32)/t4*24-,28-/m0000/s1. The minimum Gasteiger partial charge on any atom is -0.303 e. The summed E-state index contributed by atoms with van der Waals surface area (Å²) in [6, 6.07) is 29.0. The first-order chi connectivity index (χ1) is 71.9. The van der Waals surface area contributed by atoms with Crippen molar-refractivity contribution in [2.45, 2.75) is 336 Å². The van der Waals surface area contributed by atoms with Gasteiger partial charge in [-0.15, -0.1) is 47.0 Å². The van der Waals surface area contributed by atoms with Crippen molar-refractivity contribution in [2.75, 3.05) is 123 Å². The summed E-state index contributed by atoms with van der Waals surface area (Å²) in [4.78, 5) is 85.2. The Morgan fingerprint density at radius 3 is 0.622 bits per heavy atom. The molecule has 0 radical (unpaired) electrons. The molecule has 12 saturated carbocycles. The van der Waals surface area contributed by atoms with Crippen molar-refractivity contribution in [1.29, 1.82) is 0 Å². The fourth-order valence-electron chi connectivity index (χ4n) is 26.0. The number of sulfone groups is 4. The Balaban J connectivity index is 0.000000116. The number of anilines is 4. The number of hydrogen-bond acceptors (Lipinski definition) is 28. The van der Waals surface area contributed by atoms with Crippen molar-refractivity contribution in [3.63, 3.8) is 0 Å². The molecule has 4 N–H and O–H groups in total. The number of rotatable bonds is 40. The molecule has 16 fully saturated rings. The number of carbonyl (C=O) groups is 4. The number of nitrogens with one attached hydrogen (secondary N) is 4. The minimum absolute atomic E-state index is 0.0174. The van der Waals surface area contributed by atoms with Gasteiger partial charge < -0.3 is 40.9 Å². The van der Waals surface area contributed by atoms with Crippen LogP contribution in [0.2, 0.25) is 0 Å². The van der Waals surface area contributed by atoms with Crippen LogP contribution in [0.3, 0.4) is 0 Å². The lowest BCUT2D eigenvalue weighted by atomic mass is 9.80. The number of nitrogens with zero attached hydrogens (tertiary/aromatic N) is 8. The van der Waals surface area contributed by atoms with Gasteiger partial charge in [0.2, 0.25) is 23.6 Å². The molecule has 24 nitrogen and oxygen atoms in total. The Labute approximate surface area is 910 Å². The Hall–Kier alpha value is -5.68. The molecule has 0 unspecified atom stereocenters. The highest BCUT2D eigenvalue weighted by molar-refractivity contribution is 8.02.